The molecule has 1 amide bonds. The minimum Gasteiger partial charge on any atom is -0.322 e. The fraction of sp³-hybridized carbons (Fsp3) is 0.278. The summed E-state index contributed by atoms with van der Waals surface area (Å²) in [6, 6.07) is 8.58. The van der Waals surface area contributed by atoms with Crippen molar-refractivity contribution in [1.29, 1.82) is 0 Å². The highest BCUT2D eigenvalue weighted by Crippen LogP contribution is 2.20. The number of halogens is 2. The maximum atomic E-state index is 13.2. The van der Waals surface area contributed by atoms with E-state index in [1.807, 2.05) is 7.05 Å². The van der Waals surface area contributed by atoms with Crippen LogP contribution in [0, 0.1) is 11.6 Å². The van der Waals surface area contributed by atoms with Crippen molar-refractivity contribution in [3.63, 3.8) is 0 Å². The molecule has 27 heavy (non-hydrogen) atoms. The van der Waals surface area contributed by atoms with Gasteiger partial charge in [0.05, 0.1) is 4.90 Å². The van der Waals surface area contributed by atoms with E-state index in [2.05, 4.69) is 10.2 Å². The van der Waals surface area contributed by atoms with Crippen LogP contribution in [-0.2, 0) is 10.0 Å². The zero-order valence-corrected chi connectivity index (χ0v) is 15.5. The highest BCUT2D eigenvalue weighted by molar-refractivity contribution is 7.89. The average molecular weight is 395 g/mol. The number of rotatable bonds is 4. The number of nitrogens with one attached hydrogen (secondary N) is 1. The molecule has 0 aliphatic carbocycles. The van der Waals surface area contributed by atoms with Crippen LogP contribution < -0.4 is 5.32 Å². The maximum Gasteiger partial charge on any atom is 0.255 e. The smallest absolute Gasteiger partial charge is 0.255 e. The number of benzene rings is 2. The summed E-state index contributed by atoms with van der Waals surface area (Å²) < 4.78 is 52.9. The molecule has 0 radical (unpaired) electrons. The molecule has 144 valence electrons. The fourth-order valence-corrected chi connectivity index (χ4v) is 4.15. The Hall–Kier alpha value is -2.36. The lowest BCUT2D eigenvalue weighted by atomic mass is 10.2. The van der Waals surface area contributed by atoms with Gasteiger partial charge in [0.25, 0.3) is 5.91 Å². The number of carbonyl (C=O) groups excluding carboxylic acids is 1. The Morgan fingerprint density at radius 2 is 1.59 bits per heavy atom. The third-order valence-electron chi connectivity index (χ3n) is 4.39. The molecular formula is C18H19F2N3O3S. The third-order valence-corrected chi connectivity index (χ3v) is 6.31. The van der Waals surface area contributed by atoms with Crippen LogP contribution in [0.3, 0.4) is 0 Å². The lowest BCUT2D eigenvalue weighted by molar-refractivity contribution is 0.102. The van der Waals surface area contributed by atoms with Gasteiger partial charge in [-0.15, -0.1) is 0 Å². The minimum atomic E-state index is -3.59. The summed E-state index contributed by atoms with van der Waals surface area (Å²) in [7, 11) is -1.65. The van der Waals surface area contributed by atoms with Crippen molar-refractivity contribution in [2.75, 3.05) is 38.5 Å². The maximum absolute atomic E-state index is 13.2. The summed E-state index contributed by atoms with van der Waals surface area (Å²) in [6.45, 7) is 2.18. The summed E-state index contributed by atoms with van der Waals surface area (Å²) in [5.74, 6) is -2.77. The first-order valence-corrected chi connectivity index (χ1v) is 9.76. The van der Waals surface area contributed by atoms with Gasteiger partial charge in [0.15, 0.2) is 11.6 Å². The fourth-order valence-electron chi connectivity index (χ4n) is 2.73. The monoisotopic (exact) mass is 395 g/mol. The highest BCUT2D eigenvalue weighted by Gasteiger charge is 2.27. The molecule has 1 aliphatic rings. The summed E-state index contributed by atoms with van der Waals surface area (Å²) in [5, 5.41) is 2.53. The molecule has 1 N–H and O–H groups in total. The van der Waals surface area contributed by atoms with Crippen molar-refractivity contribution in [2.24, 2.45) is 0 Å². The Bertz CT molecular complexity index is 941. The second-order valence-corrected chi connectivity index (χ2v) is 8.25. The molecule has 2 aromatic rings. The molecule has 0 atom stereocenters. The van der Waals surface area contributed by atoms with Gasteiger partial charge in [0.1, 0.15) is 0 Å². The molecule has 0 unspecified atom stereocenters. The van der Waals surface area contributed by atoms with Crippen molar-refractivity contribution < 1.29 is 22.0 Å². The highest BCUT2D eigenvalue weighted by atomic mass is 32.2. The second-order valence-electron chi connectivity index (χ2n) is 6.31. The number of sulfonamides is 1. The van der Waals surface area contributed by atoms with E-state index in [1.165, 1.54) is 34.6 Å². The van der Waals surface area contributed by atoms with Gasteiger partial charge < -0.3 is 10.2 Å². The van der Waals surface area contributed by atoms with Crippen LogP contribution in [0.15, 0.2) is 47.4 Å². The first-order valence-electron chi connectivity index (χ1n) is 8.32. The number of amides is 1. The van der Waals surface area contributed by atoms with Crippen LogP contribution in [0.5, 0.6) is 0 Å². The lowest BCUT2D eigenvalue weighted by Gasteiger charge is -2.31. The number of carbonyl (C=O) groups is 1. The van der Waals surface area contributed by atoms with Gasteiger partial charge in [-0.25, -0.2) is 17.2 Å². The second kappa shape index (κ2) is 7.71. The van der Waals surface area contributed by atoms with Gasteiger partial charge in [-0.05, 0) is 49.5 Å². The van der Waals surface area contributed by atoms with Crippen LogP contribution in [0.25, 0.3) is 0 Å². The number of piperazine rings is 1. The van der Waals surface area contributed by atoms with Crippen LogP contribution in [0.1, 0.15) is 10.4 Å². The molecule has 0 aromatic heterocycles. The number of nitrogens with zero attached hydrogens (tertiary/aromatic N) is 2. The summed E-state index contributed by atoms with van der Waals surface area (Å²) >= 11 is 0. The van der Waals surface area contributed by atoms with Crippen molar-refractivity contribution in [3.8, 4) is 0 Å². The number of likely N-dealkylation sites (N-methyl/N-ethyl adjacent to an activating group) is 1. The van der Waals surface area contributed by atoms with Crippen molar-refractivity contribution >= 4 is 21.6 Å². The van der Waals surface area contributed by atoms with Crippen molar-refractivity contribution in [3.05, 3.63) is 59.7 Å². The number of anilines is 1. The van der Waals surface area contributed by atoms with E-state index < -0.39 is 27.6 Å². The summed E-state index contributed by atoms with van der Waals surface area (Å²) in [4.78, 5) is 14.3. The Balaban J connectivity index is 1.71. The summed E-state index contributed by atoms with van der Waals surface area (Å²) in [6.07, 6.45) is 0. The molecular weight excluding hydrogens is 376 g/mol. The SMILES string of the molecule is CN1CCN(S(=O)(=O)c2ccc(NC(=O)c3ccc(F)c(F)c3)cc2)CC1. The van der Waals surface area contributed by atoms with Crippen LogP contribution in [0.2, 0.25) is 0 Å². The van der Waals surface area contributed by atoms with Gasteiger partial charge in [-0.2, -0.15) is 4.31 Å². The largest absolute Gasteiger partial charge is 0.322 e. The van der Waals surface area contributed by atoms with Crippen molar-refractivity contribution in [2.45, 2.75) is 4.90 Å². The quantitative estimate of drug-likeness (QED) is 0.861. The molecule has 1 fully saturated rings. The summed E-state index contributed by atoms with van der Waals surface area (Å²) in [5.41, 5.74) is 0.310. The van der Waals surface area contributed by atoms with E-state index in [9.17, 15) is 22.0 Å². The normalized spacial score (nSPS) is 16.3. The van der Waals surface area contributed by atoms with E-state index >= 15 is 0 Å². The van der Waals surface area contributed by atoms with Gasteiger partial charge >= 0.3 is 0 Å². The van der Waals surface area contributed by atoms with E-state index in [0.717, 1.165) is 12.1 Å². The van der Waals surface area contributed by atoms with E-state index in [-0.39, 0.29) is 10.5 Å². The van der Waals surface area contributed by atoms with E-state index in [4.69, 9.17) is 0 Å². The zero-order valence-electron chi connectivity index (χ0n) is 14.7. The van der Waals surface area contributed by atoms with Crippen molar-refractivity contribution in [1.82, 2.24) is 9.21 Å². The lowest BCUT2D eigenvalue weighted by Crippen LogP contribution is -2.46. The first-order chi connectivity index (χ1) is 12.8. The van der Waals surface area contributed by atoms with Crippen LogP contribution in [-0.4, -0.2) is 56.8 Å². The molecule has 9 heteroatoms. The molecule has 6 nitrogen and oxygen atoms in total. The standard InChI is InChI=1S/C18H19F2N3O3S/c1-22-8-10-23(11-9-22)27(25,26)15-5-3-14(4-6-15)21-18(24)13-2-7-16(19)17(20)12-13/h2-7,12H,8-11H2,1H3,(H,21,24). The first kappa shape index (κ1) is 19.4. The van der Waals surface area contributed by atoms with E-state index in [1.54, 1.807) is 0 Å². The minimum absolute atomic E-state index is 0.0389. The van der Waals surface area contributed by atoms with Gasteiger partial charge in [-0.3, -0.25) is 4.79 Å². The molecule has 0 spiro atoms. The Kier molecular flexibility index (Phi) is 5.54. The molecule has 1 saturated heterocycles. The molecule has 1 aliphatic heterocycles. The molecule has 0 saturated carbocycles. The van der Waals surface area contributed by atoms with Crippen LogP contribution >= 0.6 is 0 Å². The molecule has 2 aromatic carbocycles. The number of hydrogen-bond donors (Lipinski definition) is 1. The van der Waals surface area contributed by atoms with E-state index in [0.29, 0.717) is 31.9 Å². The Labute approximate surface area is 156 Å². The Morgan fingerprint density at radius 1 is 0.963 bits per heavy atom. The third kappa shape index (κ3) is 4.32. The average Bonchev–Trinajstić information content (AvgIpc) is 2.64. The molecule has 0 bridgehead atoms. The predicted octanol–water partition coefficient (Wildman–Crippen LogP) is 2.15. The van der Waals surface area contributed by atoms with Gasteiger partial charge in [0.2, 0.25) is 10.0 Å². The molecule has 3 rings (SSSR count). The Morgan fingerprint density at radius 3 is 2.19 bits per heavy atom. The van der Waals surface area contributed by atoms with Gasteiger partial charge in [-0.1, -0.05) is 0 Å². The van der Waals surface area contributed by atoms with Crippen LogP contribution in [0.4, 0.5) is 14.5 Å². The predicted molar refractivity (Wildman–Crippen MR) is 97.0 cm³/mol. The topological polar surface area (TPSA) is 69.7 Å². The van der Waals surface area contributed by atoms with Gasteiger partial charge in [0, 0.05) is 37.4 Å². The number of hydrogen-bond acceptors (Lipinski definition) is 4. The molecule has 1 heterocycles. The zero-order chi connectivity index (χ0) is 19.6.